The van der Waals surface area contributed by atoms with Crippen LogP contribution in [0.25, 0.3) is 0 Å². The summed E-state index contributed by atoms with van der Waals surface area (Å²) in [6, 6.07) is 8.75. The second kappa shape index (κ2) is 15.1. The Hall–Kier alpha value is 0.968. The van der Waals surface area contributed by atoms with E-state index in [1.54, 1.807) is 0 Å². The van der Waals surface area contributed by atoms with Crippen LogP contribution in [0.5, 0.6) is 0 Å². The maximum Gasteiger partial charge on any atom is 0.319 e. The third-order valence-corrected chi connectivity index (χ3v) is 3.50. The maximum absolute atomic E-state index is 7.56. The van der Waals surface area contributed by atoms with E-state index in [0.717, 1.165) is 0 Å². The number of aryl methyl sites for hydroxylation is 1. The van der Waals surface area contributed by atoms with Crippen molar-refractivity contribution in [3.8, 4) is 0 Å². The van der Waals surface area contributed by atoms with Gasteiger partial charge in [-0.25, -0.2) is 0 Å². The molecular formula is C13H25MoO6P2S2. The zero-order chi connectivity index (χ0) is 19.2. The van der Waals surface area contributed by atoms with Gasteiger partial charge in [-0.2, -0.15) is 0 Å². The van der Waals surface area contributed by atoms with Crippen molar-refractivity contribution >= 4 is 41.0 Å². The molecule has 6 nitrogen and oxygen atoms in total. The number of benzene rings is 1. The molecule has 24 heavy (non-hydrogen) atoms. The zero-order valence-corrected chi connectivity index (χ0v) is 18.8. The maximum atomic E-state index is 7.56. The normalized spacial score (nSPS) is 11.0. The van der Waals surface area contributed by atoms with Crippen molar-refractivity contribution in [1.82, 2.24) is 0 Å². The smallest absolute Gasteiger partial charge is 0.319 e. The number of hydrogen-bond donors (Lipinski definition) is 6. The van der Waals surface area contributed by atoms with Gasteiger partial charge in [-0.3, -0.25) is 0 Å². The average Bonchev–Trinajstić information content (AvgIpc) is 2.37. The van der Waals surface area contributed by atoms with Crippen LogP contribution in [0.2, 0.25) is 0 Å². The predicted octanol–water partition coefficient (Wildman–Crippen LogP) is 1.75. The molecule has 0 radical (unpaired) electrons. The van der Waals surface area contributed by atoms with Gasteiger partial charge < -0.3 is 29.4 Å². The van der Waals surface area contributed by atoms with E-state index >= 15 is 0 Å². The summed E-state index contributed by atoms with van der Waals surface area (Å²) in [5, 5.41) is 0. The first-order valence-corrected chi connectivity index (χ1v) is 13.5. The van der Waals surface area contributed by atoms with Crippen molar-refractivity contribution < 1.29 is 49.2 Å². The molecule has 0 fully saturated rings. The van der Waals surface area contributed by atoms with Crippen LogP contribution in [0, 0.1) is 0 Å². The Morgan fingerprint density at radius 3 is 1.67 bits per heavy atom. The largest absolute Gasteiger partial charge is 0.325 e. The summed E-state index contributed by atoms with van der Waals surface area (Å²) in [6.45, 7) is -5.35. The fourth-order valence-corrected chi connectivity index (χ4v) is 2.24. The van der Waals surface area contributed by atoms with Crippen LogP contribution in [0.1, 0.15) is 44.6 Å². The van der Waals surface area contributed by atoms with Gasteiger partial charge in [-0.05, 0) is 23.6 Å². The van der Waals surface area contributed by atoms with Crippen molar-refractivity contribution in [2.45, 2.75) is 45.4 Å². The first-order valence-electron chi connectivity index (χ1n) is 7.16. The molecule has 6 N–H and O–H groups in total. The molecule has 1 rings (SSSR count). The minimum atomic E-state index is -3.81. The van der Waals surface area contributed by atoms with Gasteiger partial charge in [0.05, 0.1) is 0 Å². The van der Waals surface area contributed by atoms with Gasteiger partial charge in [0.25, 0.3) is 0 Å². The van der Waals surface area contributed by atoms with Gasteiger partial charge >= 0.3 is 112 Å². The predicted molar refractivity (Wildman–Crippen MR) is 100 cm³/mol. The first kappa shape index (κ1) is 27.2. The zero-order valence-electron chi connectivity index (χ0n) is 13.4. The summed E-state index contributed by atoms with van der Waals surface area (Å²) in [4.78, 5) is 45.3. The van der Waals surface area contributed by atoms with Gasteiger partial charge in [0.2, 0.25) is 0 Å². The van der Waals surface area contributed by atoms with E-state index in [4.69, 9.17) is 29.4 Å². The summed E-state index contributed by atoms with van der Waals surface area (Å²) in [5.74, 6) is 0. The Labute approximate surface area is 165 Å². The molecule has 0 atom stereocenters. The molecule has 0 aliphatic rings. The molecule has 141 valence electrons. The Morgan fingerprint density at radius 2 is 1.25 bits per heavy atom. The average molecular weight is 499 g/mol. The fraction of sp³-hybridized carbons (Fsp3) is 0.538. The Bertz CT molecular complexity index is 498. The number of hydrogen-bond acceptors (Lipinski definition) is 2. The van der Waals surface area contributed by atoms with Gasteiger partial charge in [0.1, 0.15) is 0 Å². The van der Waals surface area contributed by atoms with Gasteiger partial charge in [0.15, 0.2) is 0 Å². The molecule has 0 spiro atoms. The van der Waals surface area contributed by atoms with Gasteiger partial charge in [-0.1, -0.05) is 0 Å². The van der Waals surface area contributed by atoms with E-state index in [1.165, 1.54) is 48.0 Å². The molecular weight excluding hydrogens is 474 g/mol. The Morgan fingerprint density at radius 1 is 0.833 bits per heavy atom. The van der Waals surface area contributed by atoms with Crippen LogP contribution in [0.3, 0.4) is 0 Å². The third-order valence-electron chi connectivity index (χ3n) is 2.52. The summed E-state index contributed by atoms with van der Waals surface area (Å²) >= 11 is 9.34. The molecule has 1 aromatic carbocycles. The van der Waals surface area contributed by atoms with Gasteiger partial charge in [0, 0.05) is 0 Å². The second-order valence-corrected chi connectivity index (χ2v) is 10.9. The standard InChI is InChI=1S/C13H19.Mo.2H3O3PS/c1-2-3-4-5-7-10-13-11-8-6-9-12-13;;2*1-4(2,3)5/h6,8-9,11H,2-5,7,10H2,1H3;;2*(H3,1,2,3,5). The molecule has 0 bridgehead atoms. The first-order chi connectivity index (χ1) is 10.8. The summed E-state index contributed by atoms with van der Waals surface area (Å²) in [6.07, 6.45) is 8.15. The molecule has 0 aromatic heterocycles. The van der Waals surface area contributed by atoms with E-state index in [1.807, 2.05) is 0 Å². The van der Waals surface area contributed by atoms with Crippen molar-refractivity contribution in [2.75, 3.05) is 0 Å². The molecule has 0 saturated carbocycles. The molecule has 0 aliphatic carbocycles. The number of rotatable bonds is 6. The molecule has 0 amide bonds. The summed E-state index contributed by atoms with van der Waals surface area (Å²) in [5.41, 5.74) is 1.54. The Kier molecular flexibility index (Phi) is 17.1. The van der Waals surface area contributed by atoms with Crippen molar-refractivity contribution in [3.05, 3.63) is 29.8 Å². The second-order valence-electron chi connectivity index (χ2n) is 4.80. The van der Waals surface area contributed by atoms with Crippen LogP contribution in [0.4, 0.5) is 0 Å². The Balaban J connectivity index is 0. The summed E-state index contributed by atoms with van der Waals surface area (Å²) in [7, 11) is 0. The van der Waals surface area contributed by atoms with E-state index < -0.39 is 13.4 Å². The van der Waals surface area contributed by atoms with Gasteiger partial charge in [-0.15, -0.1) is 0 Å². The monoisotopic (exact) mass is 501 g/mol. The molecule has 0 unspecified atom stereocenters. The quantitative estimate of drug-likeness (QED) is 0.199. The summed E-state index contributed by atoms with van der Waals surface area (Å²) < 4.78 is 1.46. The van der Waals surface area contributed by atoms with Crippen LogP contribution >= 0.6 is 13.4 Å². The van der Waals surface area contributed by atoms with Crippen molar-refractivity contribution in [3.63, 3.8) is 0 Å². The topological polar surface area (TPSA) is 121 Å². The van der Waals surface area contributed by atoms with Crippen LogP contribution < -0.4 is 3.95 Å². The van der Waals surface area contributed by atoms with E-state index in [2.05, 4.69) is 74.6 Å². The van der Waals surface area contributed by atoms with Crippen molar-refractivity contribution in [1.29, 1.82) is 0 Å². The molecule has 1 aromatic rings. The van der Waals surface area contributed by atoms with Crippen LogP contribution in [-0.4, -0.2) is 29.4 Å². The van der Waals surface area contributed by atoms with E-state index in [0.29, 0.717) is 0 Å². The molecule has 0 aliphatic heterocycles. The third kappa shape index (κ3) is 30.8. The van der Waals surface area contributed by atoms with Crippen LogP contribution in [-0.2, 0) is 49.8 Å². The van der Waals surface area contributed by atoms with E-state index in [-0.39, 0.29) is 0 Å². The fourth-order valence-electron chi connectivity index (χ4n) is 1.63. The van der Waals surface area contributed by atoms with Crippen LogP contribution in [0.15, 0.2) is 24.3 Å². The SMILES string of the molecule is CCCCCCCc1cccc[c]1[Mo].OP(O)(O)=S.OP(O)(O)=S. The minimum Gasteiger partial charge on any atom is -0.325 e. The minimum absolute atomic E-state index is 1.26. The van der Waals surface area contributed by atoms with Crippen molar-refractivity contribution in [2.24, 2.45) is 0 Å². The molecule has 11 heteroatoms. The number of unbranched alkanes of at least 4 members (excludes halogenated alkanes) is 4. The molecule has 0 saturated heterocycles. The molecule has 0 heterocycles. The van der Waals surface area contributed by atoms with E-state index in [9.17, 15) is 0 Å².